The van der Waals surface area contributed by atoms with Gasteiger partial charge in [0.25, 0.3) is 6.01 Å². The van der Waals surface area contributed by atoms with Crippen LogP contribution in [0.15, 0.2) is 22.6 Å². The second-order valence-electron chi connectivity index (χ2n) is 4.77. The van der Waals surface area contributed by atoms with Gasteiger partial charge in [0, 0.05) is 18.8 Å². The lowest BCUT2D eigenvalue weighted by Crippen LogP contribution is -2.28. The van der Waals surface area contributed by atoms with E-state index in [9.17, 15) is 0 Å². The summed E-state index contributed by atoms with van der Waals surface area (Å²) < 4.78 is 5.76. The minimum Gasteiger partial charge on any atom is -0.423 e. The van der Waals surface area contributed by atoms with Crippen LogP contribution in [0.1, 0.15) is 25.7 Å². The average molecular weight is 231 g/mol. The number of nitrogen functional groups attached to an aromatic ring is 1. The second kappa shape index (κ2) is 3.95. The smallest absolute Gasteiger partial charge is 0.298 e. The number of hydrogen-bond donors (Lipinski definition) is 1. The maximum absolute atomic E-state index is 5.76. The molecule has 0 bridgehead atoms. The van der Waals surface area contributed by atoms with E-state index in [0.29, 0.717) is 12.1 Å². The first-order valence-corrected chi connectivity index (χ1v) is 6.13. The molecule has 90 valence electrons. The van der Waals surface area contributed by atoms with Crippen LogP contribution in [0.4, 0.5) is 11.7 Å². The van der Waals surface area contributed by atoms with Gasteiger partial charge < -0.3 is 15.1 Å². The number of nitrogens with two attached hydrogens (primary N) is 1. The summed E-state index contributed by atoms with van der Waals surface area (Å²) >= 11 is 0. The first kappa shape index (κ1) is 10.4. The minimum atomic E-state index is 0.570. The van der Waals surface area contributed by atoms with E-state index in [0.717, 1.165) is 16.8 Å². The molecule has 0 unspecified atom stereocenters. The molecule has 17 heavy (non-hydrogen) atoms. The molecule has 1 aromatic heterocycles. The Morgan fingerprint density at radius 2 is 2.12 bits per heavy atom. The van der Waals surface area contributed by atoms with Crippen molar-refractivity contribution in [3.63, 3.8) is 0 Å². The highest BCUT2D eigenvalue weighted by Crippen LogP contribution is 2.29. The van der Waals surface area contributed by atoms with Crippen LogP contribution in [0.2, 0.25) is 0 Å². The zero-order valence-electron chi connectivity index (χ0n) is 10.0. The Bertz CT molecular complexity index is 528. The van der Waals surface area contributed by atoms with Gasteiger partial charge in [-0.2, -0.15) is 4.98 Å². The van der Waals surface area contributed by atoms with E-state index in [2.05, 4.69) is 16.9 Å². The summed E-state index contributed by atoms with van der Waals surface area (Å²) in [7, 11) is 2.06. The van der Waals surface area contributed by atoms with E-state index in [1.165, 1.54) is 25.7 Å². The number of anilines is 2. The van der Waals surface area contributed by atoms with Gasteiger partial charge in [-0.3, -0.25) is 0 Å². The van der Waals surface area contributed by atoms with Crippen LogP contribution in [-0.4, -0.2) is 18.1 Å². The number of nitrogens with zero attached hydrogens (tertiary/aromatic N) is 2. The van der Waals surface area contributed by atoms with Crippen LogP contribution < -0.4 is 10.6 Å². The third kappa shape index (κ3) is 1.84. The summed E-state index contributed by atoms with van der Waals surface area (Å²) in [5.74, 6) is 0. The Hall–Kier alpha value is -1.71. The molecular weight excluding hydrogens is 214 g/mol. The normalized spacial score (nSPS) is 16.8. The number of hydrogen-bond acceptors (Lipinski definition) is 4. The van der Waals surface area contributed by atoms with Gasteiger partial charge in [0.15, 0.2) is 5.58 Å². The standard InChI is InChI=1S/C13H17N3O/c1-16(10-4-2-3-5-10)13-15-11-8-9(14)6-7-12(11)17-13/h6-8,10H,2-5,14H2,1H3. The molecule has 0 spiro atoms. The first-order chi connectivity index (χ1) is 8.24. The minimum absolute atomic E-state index is 0.570. The van der Waals surface area contributed by atoms with Gasteiger partial charge in [0.05, 0.1) is 0 Å². The molecule has 4 nitrogen and oxygen atoms in total. The number of oxazole rings is 1. The van der Waals surface area contributed by atoms with Crippen molar-refractivity contribution in [2.75, 3.05) is 17.7 Å². The zero-order valence-corrected chi connectivity index (χ0v) is 10.0. The Labute approximate surface area is 100 Å². The highest BCUT2D eigenvalue weighted by molar-refractivity contribution is 5.78. The van der Waals surface area contributed by atoms with E-state index in [1.54, 1.807) is 0 Å². The zero-order chi connectivity index (χ0) is 11.8. The van der Waals surface area contributed by atoms with Gasteiger partial charge >= 0.3 is 0 Å². The maximum atomic E-state index is 5.76. The van der Waals surface area contributed by atoms with E-state index in [4.69, 9.17) is 10.2 Å². The molecule has 4 heteroatoms. The van der Waals surface area contributed by atoms with Crippen molar-refractivity contribution in [3.05, 3.63) is 18.2 Å². The maximum Gasteiger partial charge on any atom is 0.298 e. The first-order valence-electron chi connectivity index (χ1n) is 6.13. The third-order valence-corrected chi connectivity index (χ3v) is 3.57. The Morgan fingerprint density at radius 3 is 2.88 bits per heavy atom. The highest BCUT2D eigenvalue weighted by atomic mass is 16.4. The molecule has 1 aliphatic carbocycles. The lowest BCUT2D eigenvalue weighted by atomic mass is 10.2. The summed E-state index contributed by atoms with van der Waals surface area (Å²) in [6, 6.07) is 6.85. The van der Waals surface area contributed by atoms with Crippen LogP contribution in [0.5, 0.6) is 0 Å². The molecule has 2 N–H and O–H groups in total. The SMILES string of the molecule is CN(c1nc2cc(N)ccc2o1)C1CCCC1. The molecule has 3 rings (SSSR count). The van der Waals surface area contributed by atoms with Crippen LogP contribution in [-0.2, 0) is 0 Å². The van der Waals surface area contributed by atoms with Crippen LogP contribution in [0.25, 0.3) is 11.1 Å². The summed E-state index contributed by atoms with van der Waals surface area (Å²) in [5, 5.41) is 0. The molecule has 1 aliphatic rings. The molecule has 0 amide bonds. The monoisotopic (exact) mass is 231 g/mol. The van der Waals surface area contributed by atoms with Crippen molar-refractivity contribution in [2.24, 2.45) is 0 Å². The van der Waals surface area contributed by atoms with Crippen molar-refractivity contribution in [3.8, 4) is 0 Å². The van der Waals surface area contributed by atoms with Gasteiger partial charge in [0.2, 0.25) is 0 Å². The van der Waals surface area contributed by atoms with Gasteiger partial charge in [-0.05, 0) is 31.0 Å². The largest absolute Gasteiger partial charge is 0.423 e. The fourth-order valence-electron chi connectivity index (χ4n) is 2.53. The molecule has 1 heterocycles. The molecule has 1 aromatic carbocycles. The summed E-state index contributed by atoms with van der Waals surface area (Å²) in [4.78, 5) is 6.65. The predicted molar refractivity (Wildman–Crippen MR) is 69.1 cm³/mol. The summed E-state index contributed by atoms with van der Waals surface area (Å²) in [6.45, 7) is 0. The third-order valence-electron chi connectivity index (χ3n) is 3.57. The molecule has 0 atom stereocenters. The topological polar surface area (TPSA) is 55.3 Å². The molecule has 0 aliphatic heterocycles. The number of fused-ring (bicyclic) bond motifs is 1. The second-order valence-corrected chi connectivity index (χ2v) is 4.77. The van der Waals surface area contributed by atoms with E-state index >= 15 is 0 Å². The molecule has 1 saturated carbocycles. The van der Waals surface area contributed by atoms with Crippen molar-refractivity contribution in [2.45, 2.75) is 31.7 Å². The molecule has 0 saturated heterocycles. The molecule has 1 fully saturated rings. The van der Waals surface area contributed by atoms with Crippen LogP contribution in [0.3, 0.4) is 0 Å². The Balaban J connectivity index is 1.94. The van der Waals surface area contributed by atoms with Crippen LogP contribution >= 0.6 is 0 Å². The summed E-state index contributed by atoms with van der Waals surface area (Å²) in [5.41, 5.74) is 8.10. The Morgan fingerprint density at radius 1 is 1.35 bits per heavy atom. The fourth-order valence-corrected chi connectivity index (χ4v) is 2.53. The van der Waals surface area contributed by atoms with E-state index in [1.807, 2.05) is 18.2 Å². The van der Waals surface area contributed by atoms with Gasteiger partial charge in [-0.15, -0.1) is 0 Å². The number of benzene rings is 1. The van der Waals surface area contributed by atoms with E-state index in [-0.39, 0.29) is 0 Å². The van der Waals surface area contributed by atoms with Gasteiger partial charge in [0.1, 0.15) is 5.52 Å². The van der Waals surface area contributed by atoms with Gasteiger partial charge in [-0.1, -0.05) is 12.8 Å². The molecule has 2 aromatic rings. The lowest BCUT2D eigenvalue weighted by Gasteiger charge is -2.21. The highest BCUT2D eigenvalue weighted by Gasteiger charge is 2.23. The van der Waals surface area contributed by atoms with Crippen molar-refractivity contribution >= 4 is 22.8 Å². The van der Waals surface area contributed by atoms with Gasteiger partial charge in [-0.25, -0.2) is 0 Å². The number of rotatable bonds is 2. The van der Waals surface area contributed by atoms with Crippen molar-refractivity contribution in [1.29, 1.82) is 0 Å². The van der Waals surface area contributed by atoms with Crippen LogP contribution in [0, 0.1) is 0 Å². The average Bonchev–Trinajstić information content (AvgIpc) is 2.96. The Kier molecular flexibility index (Phi) is 2.42. The molecular formula is C13H17N3O. The number of aromatic nitrogens is 1. The van der Waals surface area contributed by atoms with E-state index < -0.39 is 0 Å². The predicted octanol–water partition coefficient (Wildman–Crippen LogP) is 2.79. The van der Waals surface area contributed by atoms with Crippen molar-refractivity contribution in [1.82, 2.24) is 4.98 Å². The lowest BCUT2D eigenvalue weighted by molar-refractivity contribution is 0.538. The summed E-state index contributed by atoms with van der Waals surface area (Å²) in [6.07, 6.45) is 5.08. The fraction of sp³-hybridized carbons (Fsp3) is 0.462. The quantitative estimate of drug-likeness (QED) is 0.807. The molecule has 0 radical (unpaired) electrons. The van der Waals surface area contributed by atoms with Crippen molar-refractivity contribution < 1.29 is 4.42 Å².